The number of ether oxygens (including phenoxy) is 1. The number of hydrogen-bond donors (Lipinski definition) is 2. The van der Waals surface area contributed by atoms with Crippen molar-refractivity contribution < 1.29 is 19.4 Å². The standard InChI is InChI=1S/C15H12BrNO4/c16-11-3-1-10(2-4-11)15(20)17-12-5-7-13(8-6-12)21-9-14(18)19/h1-8H,9H2,(H,17,20)(H,18,19). The number of benzene rings is 2. The largest absolute Gasteiger partial charge is 0.482 e. The molecule has 0 aliphatic heterocycles. The Labute approximate surface area is 129 Å². The van der Waals surface area contributed by atoms with Crippen LogP contribution in [0.25, 0.3) is 0 Å². The number of carboxylic acid groups (broad SMARTS) is 1. The van der Waals surface area contributed by atoms with Crippen LogP contribution in [0.1, 0.15) is 10.4 Å². The Hall–Kier alpha value is -2.34. The molecule has 0 unspecified atom stereocenters. The fourth-order valence-electron chi connectivity index (χ4n) is 1.58. The molecule has 0 aromatic heterocycles. The lowest BCUT2D eigenvalue weighted by Gasteiger charge is -2.07. The van der Waals surface area contributed by atoms with Gasteiger partial charge in [-0.05, 0) is 48.5 Å². The topological polar surface area (TPSA) is 75.6 Å². The number of carbonyl (C=O) groups excluding carboxylic acids is 1. The minimum Gasteiger partial charge on any atom is -0.482 e. The van der Waals surface area contributed by atoms with Gasteiger partial charge in [0.15, 0.2) is 6.61 Å². The molecule has 0 aliphatic rings. The van der Waals surface area contributed by atoms with E-state index < -0.39 is 12.6 Å². The average Bonchev–Trinajstić information content (AvgIpc) is 2.47. The van der Waals surface area contributed by atoms with E-state index >= 15 is 0 Å². The van der Waals surface area contributed by atoms with Crippen LogP contribution in [0.2, 0.25) is 0 Å². The van der Waals surface area contributed by atoms with Crippen molar-refractivity contribution in [1.82, 2.24) is 0 Å². The summed E-state index contributed by atoms with van der Waals surface area (Å²) in [4.78, 5) is 22.4. The van der Waals surface area contributed by atoms with Crippen molar-refractivity contribution >= 4 is 33.5 Å². The molecule has 0 fully saturated rings. The maximum absolute atomic E-state index is 12.0. The first kappa shape index (κ1) is 15.1. The second kappa shape index (κ2) is 6.90. The summed E-state index contributed by atoms with van der Waals surface area (Å²) in [6.45, 7) is -0.398. The van der Waals surface area contributed by atoms with Gasteiger partial charge in [0.05, 0.1) is 0 Å². The molecule has 0 spiro atoms. The zero-order chi connectivity index (χ0) is 15.2. The highest BCUT2D eigenvalue weighted by Crippen LogP contribution is 2.17. The van der Waals surface area contributed by atoms with E-state index in [1.165, 1.54) is 0 Å². The number of nitrogens with one attached hydrogen (secondary N) is 1. The molecule has 0 bridgehead atoms. The van der Waals surface area contributed by atoms with E-state index in [1.807, 2.05) is 0 Å². The fourth-order valence-corrected chi connectivity index (χ4v) is 1.85. The van der Waals surface area contributed by atoms with Crippen molar-refractivity contribution in [3.05, 3.63) is 58.6 Å². The second-order valence-corrected chi connectivity index (χ2v) is 5.08. The van der Waals surface area contributed by atoms with E-state index in [-0.39, 0.29) is 5.91 Å². The van der Waals surface area contributed by atoms with Crippen LogP contribution < -0.4 is 10.1 Å². The van der Waals surface area contributed by atoms with E-state index in [4.69, 9.17) is 9.84 Å². The lowest BCUT2D eigenvalue weighted by molar-refractivity contribution is -0.139. The highest BCUT2D eigenvalue weighted by molar-refractivity contribution is 9.10. The van der Waals surface area contributed by atoms with Gasteiger partial charge in [-0.1, -0.05) is 15.9 Å². The molecular formula is C15H12BrNO4. The normalized spacial score (nSPS) is 9.95. The van der Waals surface area contributed by atoms with Gasteiger partial charge < -0.3 is 15.2 Å². The summed E-state index contributed by atoms with van der Waals surface area (Å²) in [5, 5.41) is 11.3. The fraction of sp³-hybridized carbons (Fsp3) is 0.0667. The van der Waals surface area contributed by atoms with E-state index in [2.05, 4.69) is 21.2 Å². The number of rotatable bonds is 5. The number of carboxylic acids is 1. The minimum atomic E-state index is -1.04. The van der Waals surface area contributed by atoms with Crippen molar-refractivity contribution in [3.63, 3.8) is 0 Å². The van der Waals surface area contributed by atoms with Crippen molar-refractivity contribution in [2.75, 3.05) is 11.9 Å². The van der Waals surface area contributed by atoms with Crippen molar-refractivity contribution in [2.24, 2.45) is 0 Å². The molecular weight excluding hydrogens is 338 g/mol. The van der Waals surface area contributed by atoms with Crippen LogP contribution >= 0.6 is 15.9 Å². The van der Waals surface area contributed by atoms with Crippen LogP contribution in [0.5, 0.6) is 5.75 Å². The first-order valence-electron chi connectivity index (χ1n) is 6.06. The predicted molar refractivity (Wildman–Crippen MR) is 81.7 cm³/mol. The van der Waals surface area contributed by atoms with Gasteiger partial charge in [-0.2, -0.15) is 0 Å². The third kappa shape index (κ3) is 4.61. The van der Waals surface area contributed by atoms with Gasteiger partial charge in [-0.15, -0.1) is 0 Å². The molecule has 0 aliphatic carbocycles. The Balaban J connectivity index is 1.98. The molecule has 0 saturated carbocycles. The van der Waals surface area contributed by atoms with Gasteiger partial charge in [-0.25, -0.2) is 4.79 Å². The van der Waals surface area contributed by atoms with Crippen molar-refractivity contribution in [1.29, 1.82) is 0 Å². The molecule has 108 valence electrons. The number of aliphatic carboxylic acids is 1. The van der Waals surface area contributed by atoms with Crippen LogP contribution in [0, 0.1) is 0 Å². The molecule has 5 nitrogen and oxygen atoms in total. The molecule has 2 aromatic rings. The molecule has 0 saturated heterocycles. The van der Waals surface area contributed by atoms with Gasteiger partial charge in [-0.3, -0.25) is 4.79 Å². The van der Waals surface area contributed by atoms with Gasteiger partial charge >= 0.3 is 5.97 Å². The maximum atomic E-state index is 12.0. The van der Waals surface area contributed by atoms with Crippen LogP contribution in [0.4, 0.5) is 5.69 Å². The summed E-state index contributed by atoms with van der Waals surface area (Å²) in [7, 11) is 0. The molecule has 21 heavy (non-hydrogen) atoms. The Kier molecular flexibility index (Phi) is 4.94. The van der Waals surface area contributed by atoms with Crippen LogP contribution in [-0.2, 0) is 4.79 Å². The summed E-state index contributed by atoms with van der Waals surface area (Å²) in [6.07, 6.45) is 0. The van der Waals surface area contributed by atoms with Gasteiger partial charge in [0.25, 0.3) is 5.91 Å². The Morgan fingerprint density at radius 1 is 1.05 bits per heavy atom. The SMILES string of the molecule is O=C(O)COc1ccc(NC(=O)c2ccc(Br)cc2)cc1. The molecule has 2 rings (SSSR count). The molecule has 0 radical (unpaired) electrons. The zero-order valence-corrected chi connectivity index (χ0v) is 12.5. The van der Waals surface area contributed by atoms with E-state index in [1.54, 1.807) is 48.5 Å². The first-order valence-corrected chi connectivity index (χ1v) is 6.85. The van der Waals surface area contributed by atoms with Crippen molar-refractivity contribution in [3.8, 4) is 5.75 Å². The Morgan fingerprint density at radius 3 is 2.24 bits per heavy atom. The van der Waals surface area contributed by atoms with E-state index in [9.17, 15) is 9.59 Å². The van der Waals surface area contributed by atoms with E-state index in [0.29, 0.717) is 17.0 Å². The monoisotopic (exact) mass is 349 g/mol. The number of halogens is 1. The summed E-state index contributed by atoms with van der Waals surface area (Å²) >= 11 is 3.31. The third-order valence-electron chi connectivity index (χ3n) is 2.58. The molecule has 6 heteroatoms. The molecule has 0 atom stereocenters. The quantitative estimate of drug-likeness (QED) is 0.869. The molecule has 0 heterocycles. The molecule has 2 N–H and O–H groups in total. The Bertz CT molecular complexity index is 638. The average molecular weight is 350 g/mol. The minimum absolute atomic E-state index is 0.221. The predicted octanol–water partition coefficient (Wildman–Crippen LogP) is 3.16. The number of carbonyl (C=O) groups is 2. The molecule has 1 amide bonds. The summed E-state index contributed by atoms with van der Waals surface area (Å²) < 4.78 is 5.91. The Morgan fingerprint density at radius 2 is 1.67 bits per heavy atom. The smallest absolute Gasteiger partial charge is 0.341 e. The number of amides is 1. The van der Waals surface area contributed by atoms with Crippen LogP contribution in [-0.4, -0.2) is 23.6 Å². The van der Waals surface area contributed by atoms with Crippen molar-refractivity contribution in [2.45, 2.75) is 0 Å². The highest BCUT2D eigenvalue weighted by Gasteiger charge is 2.06. The number of anilines is 1. The van der Waals surface area contributed by atoms with Gasteiger partial charge in [0.2, 0.25) is 0 Å². The zero-order valence-electron chi connectivity index (χ0n) is 10.9. The first-order chi connectivity index (χ1) is 10.0. The number of hydrogen-bond acceptors (Lipinski definition) is 3. The summed E-state index contributed by atoms with van der Waals surface area (Å²) in [6, 6.07) is 13.5. The summed E-state index contributed by atoms with van der Waals surface area (Å²) in [5.74, 6) is -0.830. The third-order valence-corrected chi connectivity index (χ3v) is 3.11. The second-order valence-electron chi connectivity index (χ2n) is 4.17. The van der Waals surface area contributed by atoms with Gasteiger partial charge in [0.1, 0.15) is 5.75 Å². The van der Waals surface area contributed by atoms with Gasteiger partial charge in [0, 0.05) is 15.7 Å². The molecule has 2 aromatic carbocycles. The van der Waals surface area contributed by atoms with Crippen LogP contribution in [0.3, 0.4) is 0 Å². The maximum Gasteiger partial charge on any atom is 0.341 e. The lowest BCUT2D eigenvalue weighted by Crippen LogP contribution is -2.12. The van der Waals surface area contributed by atoms with E-state index in [0.717, 1.165) is 4.47 Å². The summed E-state index contributed by atoms with van der Waals surface area (Å²) in [5.41, 5.74) is 1.15. The highest BCUT2D eigenvalue weighted by atomic mass is 79.9. The van der Waals surface area contributed by atoms with Crippen LogP contribution in [0.15, 0.2) is 53.0 Å². The lowest BCUT2D eigenvalue weighted by atomic mass is 10.2.